The zero-order chi connectivity index (χ0) is 17.0. The lowest BCUT2D eigenvalue weighted by molar-refractivity contribution is 0.414. The monoisotopic (exact) mass is 333 g/mol. The third-order valence-corrected chi connectivity index (χ3v) is 6.09. The predicted molar refractivity (Wildman–Crippen MR) is 92.5 cm³/mol. The molecule has 0 amide bonds. The van der Waals surface area contributed by atoms with E-state index in [-0.39, 0.29) is 11.4 Å². The normalized spacial score (nSPS) is 13.1. The molecule has 1 atom stereocenters. The highest BCUT2D eigenvalue weighted by Crippen LogP contribution is 2.30. The van der Waals surface area contributed by atoms with Gasteiger partial charge in [-0.15, -0.1) is 0 Å². The zero-order valence-electron chi connectivity index (χ0n) is 13.7. The van der Waals surface area contributed by atoms with Gasteiger partial charge in [-0.1, -0.05) is 38.1 Å². The predicted octanol–water partition coefficient (Wildman–Crippen LogP) is 3.29. The fourth-order valence-corrected chi connectivity index (χ4v) is 4.08. The van der Waals surface area contributed by atoms with Crippen molar-refractivity contribution < 1.29 is 13.2 Å². The fraction of sp³-hybridized carbons (Fsp3) is 0.333. The highest BCUT2D eigenvalue weighted by atomic mass is 32.2. The van der Waals surface area contributed by atoms with Crippen LogP contribution in [0.25, 0.3) is 0 Å². The Morgan fingerprint density at radius 3 is 1.91 bits per heavy atom. The average Bonchev–Trinajstić information content (AvgIpc) is 2.56. The molecule has 0 spiro atoms. The van der Waals surface area contributed by atoms with E-state index < -0.39 is 15.1 Å². The van der Waals surface area contributed by atoms with Crippen LogP contribution in [-0.2, 0) is 9.84 Å². The number of methoxy groups -OCH3 is 1. The Kier molecular flexibility index (Phi) is 5.44. The molecule has 23 heavy (non-hydrogen) atoms. The van der Waals surface area contributed by atoms with Crippen LogP contribution in [0.4, 0.5) is 0 Å². The quantitative estimate of drug-likeness (QED) is 0.880. The SMILES string of the molecule is COc1ccc(S(=O)(=O)C(CN)c2ccc(C(C)C)cc2)cc1. The van der Waals surface area contributed by atoms with Gasteiger partial charge < -0.3 is 10.5 Å². The average molecular weight is 333 g/mol. The van der Waals surface area contributed by atoms with E-state index in [0.717, 1.165) is 0 Å². The van der Waals surface area contributed by atoms with Crippen LogP contribution in [0.15, 0.2) is 53.4 Å². The molecule has 0 heterocycles. The van der Waals surface area contributed by atoms with Crippen molar-refractivity contribution in [3.8, 4) is 5.75 Å². The highest BCUT2D eigenvalue weighted by Gasteiger charge is 2.28. The first kappa shape index (κ1) is 17.5. The van der Waals surface area contributed by atoms with Gasteiger partial charge in [0.1, 0.15) is 11.0 Å². The molecular formula is C18H23NO3S. The van der Waals surface area contributed by atoms with Gasteiger partial charge in [-0.25, -0.2) is 8.42 Å². The van der Waals surface area contributed by atoms with E-state index in [1.165, 1.54) is 5.56 Å². The molecule has 4 nitrogen and oxygen atoms in total. The molecular weight excluding hydrogens is 310 g/mol. The van der Waals surface area contributed by atoms with Gasteiger partial charge >= 0.3 is 0 Å². The first-order chi connectivity index (χ1) is 10.9. The van der Waals surface area contributed by atoms with Crippen LogP contribution >= 0.6 is 0 Å². The summed E-state index contributed by atoms with van der Waals surface area (Å²) in [5, 5.41) is -0.753. The third-order valence-electron chi connectivity index (χ3n) is 3.95. The van der Waals surface area contributed by atoms with E-state index in [1.807, 2.05) is 24.3 Å². The number of nitrogens with two attached hydrogens (primary N) is 1. The summed E-state index contributed by atoms with van der Waals surface area (Å²) in [5.74, 6) is 1.02. The molecule has 0 bridgehead atoms. The molecule has 0 aliphatic carbocycles. The molecule has 0 aromatic heterocycles. The summed E-state index contributed by atoms with van der Waals surface area (Å²) in [6.45, 7) is 4.24. The Balaban J connectivity index is 2.37. The van der Waals surface area contributed by atoms with Gasteiger partial charge in [-0.05, 0) is 41.3 Å². The fourth-order valence-electron chi connectivity index (χ4n) is 2.47. The molecule has 2 N–H and O–H groups in total. The van der Waals surface area contributed by atoms with E-state index in [4.69, 9.17) is 10.5 Å². The van der Waals surface area contributed by atoms with E-state index in [0.29, 0.717) is 17.2 Å². The summed E-state index contributed by atoms with van der Waals surface area (Å²) in [6.07, 6.45) is 0. The number of hydrogen-bond acceptors (Lipinski definition) is 4. The van der Waals surface area contributed by atoms with Crippen molar-refractivity contribution in [1.29, 1.82) is 0 Å². The van der Waals surface area contributed by atoms with Gasteiger partial charge in [0.2, 0.25) is 0 Å². The van der Waals surface area contributed by atoms with Crippen molar-refractivity contribution in [3.05, 3.63) is 59.7 Å². The minimum Gasteiger partial charge on any atom is -0.497 e. The maximum Gasteiger partial charge on any atom is 0.186 e. The Bertz CT molecular complexity index is 735. The van der Waals surface area contributed by atoms with Crippen molar-refractivity contribution in [1.82, 2.24) is 0 Å². The van der Waals surface area contributed by atoms with Crippen molar-refractivity contribution in [3.63, 3.8) is 0 Å². The van der Waals surface area contributed by atoms with Crippen LogP contribution in [-0.4, -0.2) is 22.1 Å². The van der Waals surface area contributed by atoms with Gasteiger partial charge in [0.15, 0.2) is 9.84 Å². The van der Waals surface area contributed by atoms with Crippen LogP contribution < -0.4 is 10.5 Å². The first-order valence-electron chi connectivity index (χ1n) is 7.58. The van der Waals surface area contributed by atoms with Gasteiger partial charge in [0, 0.05) is 6.54 Å². The second-order valence-electron chi connectivity index (χ2n) is 5.77. The Labute approximate surface area is 138 Å². The van der Waals surface area contributed by atoms with Crippen molar-refractivity contribution >= 4 is 9.84 Å². The summed E-state index contributed by atoms with van der Waals surface area (Å²) in [5.41, 5.74) is 7.67. The lowest BCUT2D eigenvalue weighted by Crippen LogP contribution is -2.22. The maximum absolute atomic E-state index is 12.9. The zero-order valence-corrected chi connectivity index (χ0v) is 14.5. The second-order valence-corrected chi connectivity index (χ2v) is 7.90. The summed E-state index contributed by atoms with van der Waals surface area (Å²) < 4.78 is 30.8. The van der Waals surface area contributed by atoms with E-state index in [2.05, 4.69) is 13.8 Å². The lowest BCUT2D eigenvalue weighted by atomic mass is 10.0. The topological polar surface area (TPSA) is 69.4 Å². The largest absolute Gasteiger partial charge is 0.497 e. The summed E-state index contributed by atoms with van der Waals surface area (Å²) in [7, 11) is -2.00. The van der Waals surface area contributed by atoms with E-state index in [1.54, 1.807) is 31.4 Å². The summed E-state index contributed by atoms with van der Waals surface area (Å²) >= 11 is 0. The summed E-state index contributed by atoms with van der Waals surface area (Å²) in [6, 6.07) is 14.0. The van der Waals surface area contributed by atoms with Crippen LogP contribution in [0.2, 0.25) is 0 Å². The number of ether oxygens (including phenoxy) is 1. The highest BCUT2D eigenvalue weighted by molar-refractivity contribution is 7.91. The number of hydrogen-bond donors (Lipinski definition) is 1. The van der Waals surface area contributed by atoms with Crippen LogP contribution in [0.5, 0.6) is 5.75 Å². The Morgan fingerprint density at radius 1 is 0.957 bits per heavy atom. The molecule has 0 fully saturated rings. The maximum atomic E-state index is 12.9. The van der Waals surface area contributed by atoms with Crippen molar-refractivity contribution in [2.24, 2.45) is 5.73 Å². The minimum atomic E-state index is -3.54. The molecule has 1 unspecified atom stereocenters. The van der Waals surface area contributed by atoms with Crippen LogP contribution in [0.3, 0.4) is 0 Å². The molecule has 0 saturated carbocycles. The smallest absolute Gasteiger partial charge is 0.186 e. The number of rotatable bonds is 6. The van der Waals surface area contributed by atoms with Crippen molar-refractivity contribution in [2.75, 3.05) is 13.7 Å². The van der Waals surface area contributed by atoms with Crippen LogP contribution in [0.1, 0.15) is 36.1 Å². The Hall–Kier alpha value is -1.85. The summed E-state index contributed by atoms with van der Waals surface area (Å²) in [4.78, 5) is 0.252. The molecule has 2 rings (SSSR count). The van der Waals surface area contributed by atoms with Gasteiger partial charge in [0.05, 0.1) is 12.0 Å². The van der Waals surface area contributed by atoms with Gasteiger partial charge in [-0.2, -0.15) is 0 Å². The molecule has 2 aromatic rings. The molecule has 0 aliphatic rings. The minimum absolute atomic E-state index is 0.0371. The number of sulfone groups is 1. The van der Waals surface area contributed by atoms with Crippen molar-refractivity contribution in [2.45, 2.75) is 29.9 Å². The molecule has 0 radical (unpaired) electrons. The second kappa shape index (κ2) is 7.15. The Morgan fingerprint density at radius 2 is 1.48 bits per heavy atom. The van der Waals surface area contributed by atoms with E-state index in [9.17, 15) is 8.42 Å². The van der Waals surface area contributed by atoms with E-state index >= 15 is 0 Å². The molecule has 0 aliphatic heterocycles. The molecule has 2 aromatic carbocycles. The molecule has 124 valence electrons. The lowest BCUT2D eigenvalue weighted by Gasteiger charge is -2.17. The standard InChI is InChI=1S/C18H23NO3S/c1-13(2)14-4-6-15(7-5-14)18(12-19)23(20,21)17-10-8-16(22-3)9-11-17/h4-11,13,18H,12,19H2,1-3H3. The van der Waals surface area contributed by atoms with Gasteiger partial charge in [-0.3, -0.25) is 0 Å². The van der Waals surface area contributed by atoms with Crippen LogP contribution in [0, 0.1) is 0 Å². The molecule has 5 heteroatoms. The third kappa shape index (κ3) is 3.74. The first-order valence-corrected chi connectivity index (χ1v) is 9.12. The molecule has 0 saturated heterocycles. The number of benzene rings is 2. The van der Waals surface area contributed by atoms with Gasteiger partial charge in [0.25, 0.3) is 0 Å².